The predicted molar refractivity (Wildman–Crippen MR) is 161 cm³/mol. The molecule has 2 saturated heterocycles. The number of nitrogens with zero attached hydrogens (tertiary/aromatic N) is 4. The van der Waals surface area contributed by atoms with E-state index in [0.29, 0.717) is 30.9 Å². The Morgan fingerprint density at radius 3 is 2.28 bits per heavy atom. The average Bonchev–Trinajstić information content (AvgIpc) is 3.13. The van der Waals surface area contributed by atoms with Crippen molar-refractivity contribution < 1.29 is 14.6 Å². The van der Waals surface area contributed by atoms with E-state index in [-0.39, 0.29) is 11.7 Å². The fourth-order valence-electron chi connectivity index (χ4n) is 5.11. The molecule has 0 aromatic carbocycles. The van der Waals surface area contributed by atoms with E-state index in [1.807, 2.05) is 37.0 Å². The number of hydrogen-bond acceptors (Lipinski definition) is 6. The molecule has 0 saturated carbocycles. The predicted octanol–water partition coefficient (Wildman–Crippen LogP) is 6.52. The molecule has 214 valence electrons. The van der Waals surface area contributed by atoms with Crippen LogP contribution in [0.2, 0.25) is 0 Å². The minimum Gasteiger partial charge on any atom is -0.508 e. The van der Waals surface area contributed by atoms with Crippen molar-refractivity contribution in [3.8, 4) is 0 Å². The molecular formula is C32H48N4O3. The van der Waals surface area contributed by atoms with Gasteiger partial charge in [-0.05, 0) is 69.9 Å². The second kappa shape index (κ2) is 15.6. The highest BCUT2D eigenvalue weighted by atomic mass is 16.5. The number of piperazine rings is 1. The smallest absolute Gasteiger partial charge is 0.219 e. The molecule has 0 atom stereocenters. The van der Waals surface area contributed by atoms with Gasteiger partial charge in [0.1, 0.15) is 11.6 Å². The Morgan fingerprint density at radius 1 is 1.00 bits per heavy atom. The van der Waals surface area contributed by atoms with Crippen LogP contribution in [0, 0.1) is 5.92 Å². The third-order valence-corrected chi connectivity index (χ3v) is 7.52. The Morgan fingerprint density at radius 2 is 1.67 bits per heavy atom. The van der Waals surface area contributed by atoms with E-state index in [1.54, 1.807) is 6.92 Å². The van der Waals surface area contributed by atoms with Gasteiger partial charge in [0.05, 0.1) is 11.3 Å². The lowest BCUT2D eigenvalue weighted by atomic mass is 10.0. The van der Waals surface area contributed by atoms with Gasteiger partial charge in [-0.1, -0.05) is 44.6 Å². The van der Waals surface area contributed by atoms with Crippen LogP contribution >= 0.6 is 0 Å². The Kier molecular flexibility index (Phi) is 12.2. The summed E-state index contributed by atoms with van der Waals surface area (Å²) in [6, 6.07) is 0. The number of aromatic nitrogens is 2. The molecule has 0 radical (unpaired) electrons. The first-order chi connectivity index (χ1) is 18.9. The number of carbonyl (C=O) groups excluding carboxylic acids is 1. The van der Waals surface area contributed by atoms with Gasteiger partial charge in [-0.3, -0.25) is 4.79 Å². The zero-order valence-corrected chi connectivity index (χ0v) is 24.7. The third-order valence-electron chi connectivity index (χ3n) is 7.52. The number of amides is 1. The van der Waals surface area contributed by atoms with Crippen LogP contribution in [0.4, 0.5) is 5.82 Å². The minimum absolute atomic E-state index is 0.123. The molecule has 2 aliphatic carbocycles. The second-order valence-corrected chi connectivity index (χ2v) is 10.5. The van der Waals surface area contributed by atoms with E-state index >= 15 is 0 Å². The summed E-state index contributed by atoms with van der Waals surface area (Å²) in [5.74, 6) is 2.80. The maximum atomic E-state index is 11.7. The second-order valence-electron chi connectivity index (χ2n) is 10.5. The standard InChI is InChI=1S/C24H30N4O2.C6H12O.C2H6/c1-17-8-7-10-19-21(16-17)25-23(20-9-5-3-4-6-11-22(20)30)26-24(19)28-14-12-27(13-15-28)18(2)29;1-6-2-4-7-5-3-6;1-2/h3-4,9,11,16,30H,5-8,10,12-15H2,1-2H3;6H,2-5H2,1H3;1-2H3/b4-3?,20-9+,22-11+;;. The minimum atomic E-state index is 0.123. The first-order valence-electron chi connectivity index (χ1n) is 14.8. The van der Waals surface area contributed by atoms with Gasteiger partial charge in [0.15, 0.2) is 5.82 Å². The summed E-state index contributed by atoms with van der Waals surface area (Å²) < 4.78 is 5.14. The first-order valence-corrected chi connectivity index (χ1v) is 14.8. The lowest BCUT2D eigenvalue weighted by Crippen LogP contribution is -2.48. The van der Waals surface area contributed by atoms with Gasteiger partial charge in [0.2, 0.25) is 5.91 Å². The van der Waals surface area contributed by atoms with E-state index in [9.17, 15) is 9.90 Å². The molecule has 1 N–H and O–H groups in total. The van der Waals surface area contributed by atoms with Crippen LogP contribution in [-0.2, 0) is 16.0 Å². The molecule has 3 heterocycles. The third kappa shape index (κ3) is 8.79. The number of aliphatic hydroxyl groups excluding tert-OH is 1. The summed E-state index contributed by atoms with van der Waals surface area (Å²) in [6.07, 6.45) is 17.2. The molecule has 1 aromatic heterocycles. The molecule has 1 amide bonds. The molecule has 1 aromatic rings. The first kappa shape index (κ1) is 30.6. The Hall–Kier alpha value is -2.93. The fraction of sp³-hybridized carbons (Fsp3) is 0.594. The van der Waals surface area contributed by atoms with Gasteiger partial charge >= 0.3 is 0 Å². The van der Waals surface area contributed by atoms with Crippen molar-refractivity contribution >= 4 is 23.4 Å². The SMILES string of the molecule is CC.CC(=O)N1CCN(c2nc(C3=C/CC=CC/C=C\3O)nc3c2CCCC(C)=C3)CC1.CC1CCOCC1. The number of allylic oxidation sites excluding steroid dienone is 6. The monoisotopic (exact) mass is 536 g/mol. The van der Waals surface area contributed by atoms with E-state index in [2.05, 4.69) is 30.9 Å². The lowest BCUT2D eigenvalue weighted by molar-refractivity contribution is -0.129. The van der Waals surface area contributed by atoms with Crippen LogP contribution in [0.15, 0.2) is 35.6 Å². The number of carbonyl (C=O) groups is 1. The molecule has 2 aliphatic heterocycles. The lowest BCUT2D eigenvalue weighted by Gasteiger charge is -2.36. The molecule has 2 fully saturated rings. The number of rotatable bonds is 2. The molecule has 5 rings (SSSR count). The van der Waals surface area contributed by atoms with Gasteiger partial charge in [0, 0.05) is 51.9 Å². The molecular weight excluding hydrogens is 488 g/mol. The molecule has 4 aliphatic rings. The van der Waals surface area contributed by atoms with Crippen LogP contribution < -0.4 is 4.90 Å². The van der Waals surface area contributed by atoms with Crippen molar-refractivity contribution in [3.63, 3.8) is 0 Å². The molecule has 7 nitrogen and oxygen atoms in total. The van der Waals surface area contributed by atoms with Gasteiger partial charge in [0.25, 0.3) is 0 Å². The van der Waals surface area contributed by atoms with Gasteiger partial charge in [-0.25, -0.2) is 9.97 Å². The van der Waals surface area contributed by atoms with Gasteiger partial charge < -0.3 is 19.6 Å². The fourth-order valence-corrected chi connectivity index (χ4v) is 5.11. The summed E-state index contributed by atoms with van der Waals surface area (Å²) >= 11 is 0. The van der Waals surface area contributed by atoms with Gasteiger partial charge in [-0.2, -0.15) is 0 Å². The van der Waals surface area contributed by atoms with Crippen LogP contribution in [0.1, 0.15) is 90.2 Å². The van der Waals surface area contributed by atoms with Crippen molar-refractivity contribution in [3.05, 3.63) is 52.7 Å². The van der Waals surface area contributed by atoms with E-state index in [1.165, 1.54) is 24.0 Å². The van der Waals surface area contributed by atoms with Gasteiger partial charge in [-0.15, -0.1) is 0 Å². The Labute approximate surface area is 235 Å². The van der Waals surface area contributed by atoms with Crippen molar-refractivity contribution in [2.45, 2.75) is 79.6 Å². The quantitative estimate of drug-likeness (QED) is 0.434. The topological polar surface area (TPSA) is 78.8 Å². The van der Waals surface area contributed by atoms with Crippen molar-refractivity contribution in [2.24, 2.45) is 5.92 Å². The number of aliphatic hydroxyl groups is 1. The van der Waals surface area contributed by atoms with Crippen molar-refractivity contribution in [1.82, 2.24) is 14.9 Å². The normalized spacial score (nSPS) is 22.5. The zero-order chi connectivity index (χ0) is 28.2. The average molecular weight is 537 g/mol. The molecule has 39 heavy (non-hydrogen) atoms. The Bertz CT molecular complexity index is 1080. The summed E-state index contributed by atoms with van der Waals surface area (Å²) in [5.41, 5.74) is 4.16. The van der Waals surface area contributed by atoms with E-state index in [4.69, 9.17) is 14.7 Å². The molecule has 0 bridgehead atoms. The molecule has 7 heteroatoms. The molecule has 0 unspecified atom stereocenters. The number of ether oxygens (including phenoxy) is 1. The van der Waals surface area contributed by atoms with Crippen LogP contribution in [0.3, 0.4) is 0 Å². The van der Waals surface area contributed by atoms with Crippen LogP contribution in [0.5, 0.6) is 0 Å². The van der Waals surface area contributed by atoms with Crippen molar-refractivity contribution in [1.29, 1.82) is 0 Å². The maximum absolute atomic E-state index is 11.7. The largest absolute Gasteiger partial charge is 0.508 e. The highest BCUT2D eigenvalue weighted by molar-refractivity contribution is 5.76. The summed E-state index contributed by atoms with van der Waals surface area (Å²) in [7, 11) is 0. The summed E-state index contributed by atoms with van der Waals surface area (Å²) in [4.78, 5) is 25.8. The number of anilines is 1. The Balaban J connectivity index is 0.000000401. The van der Waals surface area contributed by atoms with Crippen LogP contribution in [-0.4, -0.2) is 65.3 Å². The molecule has 0 spiro atoms. The highest BCUT2D eigenvalue weighted by Crippen LogP contribution is 2.32. The van der Waals surface area contributed by atoms with E-state index < -0.39 is 0 Å². The highest BCUT2D eigenvalue weighted by Gasteiger charge is 2.26. The summed E-state index contributed by atoms with van der Waals surface area (Å²) in [5, 5.41) is 10.6. The van der Waals surface area contributed by atoms with Crippen molar-refractivity contribution in [2.75, 3.05) is 44.3 Å². The maximum Gasteiger partial charge on any atom is 0.219 e. The van der Waals surface area contributed by atoms with Crippen LogP contribution in [0.25, 0.3) is 11.6 Å². The van der Waals surface area contributed by atoms with E-state index in [0.717, 1.165) is 69.4 Å². The number of hydrogen-bond donors (Lipinski definition) is 1. The number of fused-ring (bicyclic) bond motifs is 1. The summed E-state index contributed by atoms with van der Waals surface area (Å²) in [6.45, 7) is 15.0. The zero-order valence-electron chi connectivity index (χ0n) is 24.7.